The van der Waals surface area contributed by atoms with E-state index in [-0.39, 0.29) is 17.8 Å². The third-order valence-electron chi connectivity index (χ3n) is 5.92. The lowest BCUT2D eigenvalue weighted by molar-refractivity contribution is -0.141. The smallest absolute Gasteiger partial charge is 0.233 e. The first-order chi connectivity index (χ1) is 12.7. The number of nitrogens with two attached hydrogens (primary N) is 1. The quantitative estimate of drug-likeness (QED) is 0.789. The first-order valence-corrected chi connectivity index (χ1v) is 10.0. The lowest BCUT2D eigenvalue weighted by atomic mass is 9.68. The number of carbonyl (C=O) groups is 1. The summed E-state index contributed by atoms with van der Waals surface area (Å²) in [6, 6.07) is 6.67. The molecule has 26 heavy (non-hydrogen) atoms. The number of amides is 1. The van der Waals surface area contributed by atoms with Gasteiger partial charge in [0.2, 0.25) is 5.91 Å². The molecule has 1 aliphatic heterocycles. The number of nitrogens with zero attached hydrogens (tertiary/aromatic N) is 1. The van der Waals surface area contributed by atoms with E-state index < -0.39 is 5.41 Å². The van der Waals surface area contributed by atoms with Crippen LogP contribution in [0.25, 0.3) is 0 Å². The minimum Gasteiger partial charge on any atom is -0.378 e. The molecule has 0 atom stereocenters. The first-order valence-electron chi connectivity index (χ1n) is 10.0. The van der Waals surface area contributed by atoms with Crippen LogP contribution in [0.1, 0.15) is 56.9 Å². The van der Waals surface area contributed by atoms with Crippen LogP contribution in [0.15, 0.2) is 24.3 Å². The summed E-state index contributed by atoms with van der Waals surface area (Å²) in [5.74, 6) is -0.0736. The number of hydrogen-bond acceptors (Lipinski definition) is 3. The summed E-state index contributed by atoms with van der Waals surface area (Å²) in [6.07, 6.45) is 7.70. The number of halogens is 1. The molecule has 1 amide bonds. The minimum atomic E-state index is -0.548. The van der Waals surface area contributed by atoms with Crippen LogP contribution in [0.4, 0.5) is 4.39 Å². The molecular weight excluding hydrogens is 331 g/mol. The maximum absolute atomic E-state index is 13.8. The third kappa shape index (κ3) is 4.26. The number of ether oxygens (including phenoxy) is 1. The number of piperidine rings is 1. The van der Waals surface area contributed by atoms with Crippen molar-refractivity contribution in [1.29, 1.82) is 0 Å². The van der Waals surface area contributed by atoms with Crippen molar-refractivity contribution in [2.45, 2.75) is 62.9 Å². The Hall–Kier alpha value is -1.46. The van der Waals surface area contributed by atoms with Gasteiger partial charge in [-0.25, -0.2) is 4.39 Å². The highest BCUT2D eigenvalue weighted by molar-refractivity contribution is 5.88. The van der Waals surface area contributed by atoms with Crippen LogP contribution in [0, 0.1) is 5.82 Å². The van der Waals surface area contributed by atoms with Crippen molar-refractivity contribution in [2.24, 2.45) is 5.73 Å². The minimum absolute atomic E-state index is 0.184. The Morgan fingerprint density at radius 1 is 1.23 bits per heavy atom. The topological polar surface area (TPSA) is 55.6 Å². The number of carbonyl (C=O) groups excluding carboxylic acids is 1. The SMILES string of the molecule is NCCCOC1CCN(C(=O)C2(c3cccc(F)c3)CCCCC2)CC1. The maximum Gasteiger partial charge on any atom is 0.233 e. The van der Waals surface area contributed by atoms with Gasteiger partial charge in [-0.15, -0.1) is 0 Å². The molecule has 2 N–H and O–H groups in total. The molecule has 2 fully saturated rings. The highest BCUT2D eigenvalue weighted by atomic mass is 19.1. The zero-order chi connectivity index (χ0) is 18.4. The van der Waals surface area contributed by atoms with Gasteiger partial charge in [-0.2, -0.15) is 0 Å². The fourth-order valence-electron chi connectivity index (χ4n) is 4.43. The average Bonchev–Trinajstić information content (AvgIpc) is 2.69. The summed E-state index contributed by atoms with van der Waals surface area (Å²) in [5.41, 5.74) is 5.81. The van der Waals surface area contributed by atoms with Crippen LogP contribution in [0.3, 0.4) is 0 Å². The van der Waals surface area contributed by atoms with Crippen LogP contribution >= 0.6 is 0 Å². The second-order valence-electron chi connectivity index (χ2n) is 7.66. The van der Waals surface area contributed by atoms with E-state index in [1.165, 1.54) is 6.07 Å². The molecule has 0 spiro atoms. The largest absolute Gasteiger partial charge is 0.378 e. The maximum atomic E-state index is 13.8. The van der Waals surface area contributed by atoms with E-state index in [9.17, 15) is 9.18 Å². The monoisotopic (exact) mass is 362 g/mol. The van der Waals surface area contributed by atoms with Crippen molar-refractivity contribution in [1.82, 2.24) is 4.90 Å². The molecule has 1 heterocycles. The van der Waals surface area contributed by atoms with Crippen LogP contribution in [0.5, 0.6) is 0 Å². The Bertz CT molecular complexity index is 593. The first kappa shape index (κ1) is 19.3. The molecule has 5 heteroatoms. The number of rotatable bonds is 6. The zero-order valence-electron chi connectivity index (χ0n) is 15.6. The van der Waals surface area contributed by atoms with Crippen LogP contribution in [-0.4, -0.2) is 43.2 Å². The van der Waals surface area contributed by atoms with Gasteiger partial charge >= 0.3 is 0 Å². The lowest BCUT2D eigenvalue weighted by Gasteiger charge is -2.42. The van der Waals surface area contributed by atoms with Gasteiger partial charge in [-0.1, -0.05) is 31.4 Å². The van der Waals surface area contributed by atoms with Crippen LogP contribution in [0.2, 0.25) is 0 Å². The molecule has 1 saturated heterocycles. The molecule has 144 valence electrons. The summed E-state index contributed by atoms with van der Waals surface area (Å²) in [6.45, 7) is 2.79. The van der Waals surface area contributed by atoms with Crippen molar-refractivity contribution >= 4 is 5.91 Å². The number of benzene rings is 1. The van der Waals surface area contributed by atoms with Crippen LogP contribution in [-0.2, 0) is 14.9 Å². The Labute approximate surface area is 155 Å². The van der Waals surface area contributed by atoms with Crippen molar-refractivity contribution in [3.8, 4) is 0 Å². The lowest BCUT2D eigenvalue weighted by Crippen LogP contribution is -2.51. The van der Waals surface area contributed by atoms with Gasteiger partial charge in [0.05, 0.1) is 11.5 Å². The van der Waals surface area contributed by atoms with Gasteiger partial charge in [-0.3, -0.25) is 4.79 Å². The number of likely N-dealkylation sites (tertiary alicyclic amines) is 1. The van der Waals surface area contributed by atoms with Gasteiger partial charge in [0.15, 0.2) is 0 Å². The van der Waals surface area contributed by atoms with Crippen LogP contribution < -0.4 is 5.73 Å². The second kappa shape index (κ2) is 8.96. The molecule has 1 aromatic carbocycles. The van der Waals surface area contributed by atoms with Crippen molar-refractivity contribution < 1.29 is 13.9 Å². The number of hydrogen-bond donors (Lipinski definition) is 1. The molecule has 1 saturated carbocycles. The zero-order valence-corrected chi connectivity index (χ0v) is 15.6. The molecular formula is C21H31FN2O2. The standard InChI is InChI=1S/C21H31FN2O2/c22-18-7-4-6-17(16-18)21(10-2-1-3-11-21)20(25)24-13-8-19(9-14-24)26-15-5-12-23/h4,6-7,16,19H,1-3,5,8-15,23H2. The highest BCUT2D eigenvalue weighted by Gasteiger charge is 2.44. The van der Waals surface area contributed by atoms with Crippen molar-refractivity contribution in [3.05, 3.63) is 35.6 Å². The summed E-state index contributed by atoms with van der Waals surface area (Å²) >= 11 is 0. The molecule has 3 rings (SSSR count). The normalized spacial score (nSPS) is 20.9. The van der Waals surface area contributed by atoms with E-state index in [2.05, 4.69) is 0 Å². The highest BCUT2D eigenvalue weighted by Crippen LogP contribution is 2.41. The summed E-state index contributed by atoms with van der Waals surface area (Å²) < 4.78 is 19.7. The Morgan fingerprint density at radius 2 is 1.96 bits per heavy atom. The molecule has 0 bridgehead atoms. The van der Waals surface area contributed by atoms with Crippen molar-refractivity contribution in [2.75, 3.05) is 26.2 Å². The predicted octanol–water partition coefficient (Wildman–Crippen LogP) is 3.38. The van der Waals surface area contributed by atoms with Gasteiger partial charge in [0.1, 0.15) is 5.82 Å². The molecule has 4 nitrogen and oxygen atoms in total. The van der Waals surface area contributed by atoms with E-state index >= 15 is 0 Å². The third-order valence-corrected chi connectivity index (χ3v) is 5.92. The summed E-state index contributed by atoms with van der Waals surface area (Å²) in [5, 5.41) is 0. The van der Waals surface area contributed by atoms with E-state index in [0.29, 0.717) is 13.2 Å². The molecule has 2 aliphatic rings. The van der Waals surface area contributed by atoms with Gasteiger partial charge in [0, 0.05) is 19.7 Å². The summed E-state index contributed by atoms with van der Waals surface area (Å²) in [4.78, 5) is 15.5. The van der Waals surface area contributed by atoms with Gasteiger partial charge < -0.3 is 15.4 Å². The average molecular weight is 362 g/mol. The Kier molecular flexibility index (Phi) is 6.65. The molecule has 0 unspecified atom stereocenters. The molecule has 0 radical (unpaired) electrons. The molecule has 1 aliphatic carbocycles. The molecule has 0 aromatic heterocycles. The fraction of sp³-hybridized carbons (Fsp3) is 0.667. The molecule has 1 aromatic rings. The Balaban J connectivity index is 1.69. The van der Waals surface area contributed by atoms with E-state index in [1.807, 2.05) is 11.0 Å². The Morgan fingerprint density at radius 3 is 2.62 bits per heavy atom. The van der Waals surface area contributed by atoms with E-state index in [1.54, 1.807) is 12.1 Å². The van der Waals surface area contributed by atoms with Gasteiger partial charge in [0.25, 0.3) is 0 Å². The summed E-state index contributed by atoms with van der Waals surface area (Å²) in [7, 11) is 0. The van der Waals surface area contributed by atoms with E-state index in [4.69, 9.17) is 10.5 Å². The van der Waals surface area contributed by atoms with E-state index in [0.717, 1.165) is 70.0 Å². The fourth-order valence-corrected chi connectivity index (χ4v) is 4.43. The van der Waals surface area contributed by atoms with Crippen molar-refractivity contribution in [3.63, 3.8) is 0 Å². The second-order valence-corrected chi connectivity index (χ2v) is 7.66. The predicted molar refractivity (Wildman–Crippen MR) is 100 cm³/mol. The van der Waals surface area contributed by atoms with Gasteiger partial charge in [-0.05, 0) is 56.3 Å².